The van der Waals surface area contributed by atoms with Gasteiger partial charge in [-0.1, -0.05) is 37.3 Å². The van der Waals surface area contributed by atoms with Gasteiger partial charge in [-0.05, 0) is 37.8 Å². The Balaban J connectivity index is 2.11. The first-order chi connectivity index (χ1) is 14.6. The largest absolute Gasteiger partial charge is 0.425 e. The molecule has 1 aliphatic heterocycles. The Morgan fingerprint density at radius 2 is 2.00 bits per heavy atom. The standard InChI is InChI=1S/C23H32ClNO6/c1-6-7-10-18(24)16(2)23(12-9-8-11-19(23)26)25(5)21(28)31-17(3)30-20(27)13-22(4)14-29-15-22/h6-7,10,17H,2,8-9,11-15H2,1,3-5H3/b7-6-,18-10+/t17?,23-/m1/s1. The van der Waals surface area contributed by atoms with Crippen LogP contribution in [0.3, 0.4) is 0 Å². The third kappa shape index (κ3) is 5.77. The topological polar surface area (TPSA) is 82.1 Å². The number of allylic oxidation sites excluding steroid dienone is 3. The van der Waals surface area contributed by atoms with E-state index < -0.39 is 23.9 Å². The minimum absolute atomic E-state index is 0.141. The number of amides is 1. The van der Waals surface area contributed by atoms with Crippen molar-refractivity contribution in [2.24, 2.45) is 5.41 Å². The molecule has 0 aromatic carbocycles. The summed E-state index contributed by atoms with van der Waals surface area (Å²) in [6.45, 7) is 10.3. The van der Waals surface area contributed by atoms with Crippen molar-refractivity contribution in [2.75, 3.05) is 20.3 Å². The number of ether oxygens (including phenoxy) is 3. The van der Waals surface area contributed by atoms with E-state index in [1.165, 1.54) is 18.9 Å². The Labute approximate surface area is 189 Å². The van der Waals surface area contributed by atoms with Crippen LogP contribution in [0.5, 0.6) is 0 Å². The molecule has 1 amide bonds. The molecule has 0 radical (unpaired) electrons. The van der Waals surface area contributed by atoms with E-state index in [0.29, 0.717) is 36.7 Å². The third-order valence-corrected chi connectivity index (χ3v) is 6.11. The summed E-state index contributed by atoms with van der Waals surface area (Å²) < 4.78 is 15.7. The lowest BCUT2D eigenvalue weighted by Gasteiger charge is -2.43. The summed E-state index contributed by atoms with van der Waals surface area (Å²) in [5.74, 6) is -0.614. The maximum absolute atomic E-state index is 13.0. The van der Waals surface area contributed by atoms with Gasteiger partial charge < -0.3 is 14.2 Å². The van der Waals surface area contributed by atoms with Crippen LogP contribution < -0.4 is 0 Å². The lowest BCUT2D eigenvalue weighted by molar-refractivity contribution is -0.178. The predicted octanol–water partition coefficient (Wildman–Crippen LogP) is 4.51. The molecule has 0 aromatic rings. The maximum Gasteiger partial charge on any atom is 0.413 e. The fraction of sp³-hybridized carbons (Fsp3) is 0.609. The average Bonchev–Trinajstić information content (AvgIpc) is 2.69. The Kier molecular flexibility index (Phi) is 8.49. The second-order valence-electron chi connectivity index (χ2n) is 8.49. The van der Waals surface area contributed by atoms with Gasteiger partial charge in [-0.3, -0.25) is 14.5 Å². The molecule has 1 saturated carbocycles. The van der Waals surface area contributed by atoms with E-state index in [0.717, 1.165) is 12.8 Å². The van der Waals surface area contributed by atoms with E-state index in [1.54, 1.807) is 18.2 Å². The van der Waals surface area contributed by atoms with Crippen LogP contribution >= 0.6 is 11.6 Å². The average molecular weight is 454 g/mol. The first-order valence-electron chi connectivity index (χ1n) is 10.5. The number of hydrogen-bond donors (Lipinski definition) is 0. The second kappa shape index (κ2) is 10.5. The van der Waals surface area contributed by atoms with Crippen molar-refractivity contribution < 1.29 is 28.6 Å². The molecule has 0 bridgehead atoms. The van der Waals surface area contributed by atoms with Crippen molar-refractivity contribution in [1.29, 1.82) is 0 Å². The van der Waals surface area contributed by atoms with Gasteiger partial charge >= 0.3 is 12.1 Å². The van der Waals surface area contributed by atoms with Crippen LogP contribution in [0.25, 0.3) is 0 Å². The van der Waals surface area contributed by atoms with Crippen LogP contribution in [0.15, 0.2) is 35.4 Å². The van der Waals surface area contributed by atoms with Gasteiger partial charge in [0.25, 0.3) is 0 Å². The third-order valence-electron chi connectivity index (χ3n) is 5.76. The zero-order valence-electron chi connectivity index (χ0n) is 18.7. The normalized spacial score (nSPS) is 24.3. The van der Waals surface area contributed by atoms with Crippen molar-refractivity contribution in [3.05, 3.63) is 35.4 Å². The highest BCUT2D eigenvalue weighted by molar-refractivity contribution is 6.32. The summed E-state index contributed by atoms with van der Waals surface area (Å²) in [4.78, 5) is 39.3. The van der Waals surface area contributed by atoms with Crippen LogP contribution in [0, 0.1) is 5.41 Å². The highest BCUT2D eigenvalue weighted by Crippen LogP contribution is 2.40. The number of ketones is 1. The lowest BCUT2D eigenvalue weighted by atomic mass is 9.74. The smallest absolute Gasteiger partial charge is 0.413 e. The molecular formula is C23H32ClNO6. The summed E-state index contributed by atoms with van der Waals surface area (Å²) in [5, 5.41) is 0.295. The number of esters is 1. The van der Waals surface area contributed by atoms with Crippen molar-refractivity contribution in [1.82, 2.24) is 4.90 Å². The number of carbonyl (C=O) groups is 3. The summed E-state index contributed by atoms with van der Waals surface area (Å²) in [6.07, 6.45) is 5.65. The lowest BCUT2D eigenvalue weighted by Crippen LogP contribution is -2.58. The fourth-order valence-electron chi connectivity index (χ4n) is 3.90. The summed E-state index contributed by atoms with van der Waals surface area (Å²) in [6, 6.07) is 0. The molecule has 0 aromatic heterocycles. The van der Waals surface area contributed by atoms with Crippen LogP contribution in [0.1, 0.15) is 52.9 Å². The van der Waals surface area contributed by atoms with Gasteiger partial charge in [0.15, 0.2) is 5.78 Å². The number of Topliss-reactive ketones (excluding diaryl/α,β-unsaturated/α-hetero) is 1. The van der Waals surface area contributed by atoms with E-state index in [9.17, 15) is 14.4 Å². The first-order valence-corrected chi connectivity index (χ1v) is 10.9. The van der Waals surface area contributed by atoms with Crippen LogP contribution in [0.2, 0.25) is 0 Å². The van der Waals surface area contributed by atoms with E-state index in [1.807, 2.05) is 13.8 Å². The molecule has 8 heteroatoms. The Bertz CT molecular complexity index is 785. The Morgan fingerprint density at radius 3 is 2.55 bits per heavy atom. The number of nitrogens with zero attached hydrogens (tertiary/aromatic N) is 1. The number of hydrogen-bond acceptors (Lipinski definition) is 6. The molecule has 7 nitrogen and oxygen atoms in total. The molecule has 1 aliphatic carbocycles. The van der Waals surface area contributed by atoms with Crippen LogP contribution in [0.4, 0.5) is 4.79 Å². The number of likely N-dealkylation sites (N-methyl/N-ethyl adjacent to an activating group) is 1. The van der Waals surface area contributed by atoms with E-state index >= 15 is 0 Å². The van der Waals surface area contributed by atoms with Gasteiger partial charge in [0.05, 0.1) is 19.6 Å². The summed E-state index contributed by atoms with van der Waals surface area (Å²) in [7, 11) is 1.48. The number of rotatable bonds is 8. The predicted molar refractivity (Wildman–Crippen MR) is 117 cm³/mol. The van der Waals surface area contributed by atoms with Crippen molar-refractivity contribution in [3.8, 4) is 0 Å². The highest BCUT2D eigenvalue weighted by Gasteiger charge is 2.49. The molecule has 1 unspecified atom stereocenters. The van der Waals surface area contributed by atoms with Crippen molar-refractivity contribution in [3.63, 3.8) is 0 Å². The molecule has 2 aliphatic rings. The fourth-order valence-corrected chi connectivity index (χ4v) is 4.13. The number of carbonyl (C=O) groups excluding carboxylic acids is 3. The molecule has 2 rings (SSSR count). The Morgan fingerprint density at radius 1 is 1.32 bits per heavy atom. The zero-order chi connectivity index (χ0) is 23.2. The van der Waals surface area contributed by atoms with Crippen LogP contribution in [-0.2, 0) is 23.8 Å². The van der Waals surface area contributed by atoms with Gasteiger partial charge in [0, 0.05) is 30.8 Å². The van der Waals surface area contributed by atoms with Gasteiger partial charge in [-0.15, -0.1) is 0 Å². The molecule has 0 spiro atoms. The highest BCUT2D eigenvalue weighted by atomic mass is 35.5. The van der Waals surface area contributed by atoms with Gasteiger partial charge in [0.2, 0.25) is 6.29 Å². The number of halogens is 1. The zero-order valence-corrected chi connectivity index (χ0v) is 19.5. The van der Waals surface area contributed by atoms with Crippen LogP contribution in [-0.4, -0.2) is 54.8 Å². The van der Waals surface area contributed by atoms with Gasteiger partial charge in [0.1, 0.15) is 5.54 Å². The molecule has 0 N–H and O–H groups in total. The molecular weight excluding hydrogens is 422 g/mol. The minimum Gasteiger partial charge on any atom is -0.425 e. The van der Waals surface area contributed by atoms with Crippen molar-refractivity contribution >= 4 is 29.4 Å². The van der Waals surface area contributed by atoms with E-state index in [4.69, 9.17) is 25.8 Å². The molecule has 2 fully saturated rings. The first kappa shape index (κ1) is 25.1. The monoisotopic (exact) mass is 453 g/mol. The molecule has 1 heterocycles. The Hall–Kier alpha value is -2.12. The maximum atomic E-state index is 13.0. The minimum atomic E-state index is -1.30. The molecule has 1 saturated heterocycles. The molecule has 172 valence electrons. The summed E-state index contributed by atoms with van der Waals surface area (Å²) in [5.41, 5.74) is -1.20. The SMILES string of the molecule is C=C(/C(Cl)=C\C=C/C)[C@]1(N(C)C(=O)OC(C)OC(=O)CC2(C)COC2)CCCCC1=O. The summed E-state index contributed by atoms with van der Waals surface area (Å²) >= 11 is 6.40. The quantitative estimate of drug-likeness (QED) is 0.305. The molecule has 31 heavy (non-hydrogen) atoms. The van der Waals surface area contributed by atoms with E-state index in [-0.39, 0.29) is 17.6 Å². The van der Waals surface area contributed by atoms with Crippen molar-refractivity contribution in [2.45, 2.75) is 64.7 Å². The molecule has 2 atom stereocenters. The second-order valence-corrected chi connectivity index (χ2v) is 8.90. The van der Waals surface area contributed by atoms with Gasteiger partial charge in [-0.2, -0.15) is 0 Å². The van der Waals surface area contributed by atoms with E-state index in [2.05, 4.69) is 6.58 Å². The van der Waals surface area contributed by atoms with Gasteiger partial charge in [-0.25, -0.2) is 4.79 Å².